The Morgan fingerprint density at radius 3 is 2.60 bits per heavy atom. The van der Waals surface area contributed by atoms with Crippen LogP contribution in [0.3, 0.4) is 0 Å². The Bertz CT molecular complexity index is 904. The fraction of sp³-hybridized carbons (Fsp3) is 0.652. The van der Waals surface area contributed by atoms with Crippen molar-refractivity contribution >= 4 is 11.7 Å². The van der Waals surface area contributed by atoms with E-state index in [0.29, 0.717) is 6.42 Å². The third-order valence-corrected chi connectivity index (χ3v) is 7.98. The zero-order valence-electron chi connectivity index (χ0n) is 17.4. The van der Waals surface area contributed by atoms with Gasteiger partial charge in [0.25, 0.3) is 0 Å². The fourth-order valence-electron chi connectivity index (χ4n) is 7.28. The van der Waals surface area contributed by atoms with Crippen molar-refractivity contribution in [3.05, 3.63) is 35.8 Å². The van der Waals surface area contributed by atoms with E-state index in [2.05, 4.69) is 30.2 Å². The van der Waals surface area contributed by atoms with Gasteiger partial charge in [0, 0.05) is 37.8 Å². The number of nitrogens with zero attached hydrogens (tertiary/aromatic N) is 4. The van der Waals surface area contributed by atoms with Crippen molar-refractivity contribution in [3.8, 4) is 0 Å². The predicted octanol–water partition coefficient (Wildman–Crippen LogP) is 3.30. The molecule has 7 nitrogen and oxygen atoms in total. The molecule has 7 rings (SSSR count). The van der Waals surface area contributed by atoms with Crippen LogP contribution in [0.2, 0.25) is 0 Å². The van der Waals surface area contributed by atoms with E-state index in [0.717, 1.165) is 66.6 Å². The summed E-state index contributed by atoms with van der Waals surface area (Å²) in [5.74, 6) is 3.50. The molecule has 4 fully saturated rings. The molecular formula is C23H30N6O. The quantitative estimate of drug-likeness (QED) is 0.796. The number of nitrogens with one attached hydrogen (secondary N) is 2. The lowest BCUT2D eigenvalue weighted by Crippen LogP contribution is -2.47. The number of hydrogen-bond acceptors (Lipinski definition) is 5. The first-order chi connectivity index (χ1) is 14.6. The van der Waals surface area contributed by atoms with Gasteiger partial charge in [-0.25, -0.2) is 15.0 Å². The van der Waals surface area contributed by atoms with E-state index in [1.54, 1.807) is 12.7 Å². The van der Waals surface area contributed by atoms with Crippen molar-refractivity contribution in [2.45, 2.75) is 64.5 Å². The summed E-state index contributed by atoms with van der Waals surface area (Å²) in [5, 5.41) is 3.18. The summed E-state index contributed by atoms with van der Waals surface area (Å²) in [6.45, 7) is 2.49. The largest absolute Gasteiger partial charge is 0.351 e. The Kier molecular flexibility index (Phi) is 4.41. The normalized spacial score (nSPS) is 32.2. The van der Waals surface area contributed by atoms with Crippen LogP contribution >= 0.6 is 0 Å². The van der Waals surface area contributed by atoms with Gasteiger partial charge in [0.15, 0.2) is 0 Å². The van der Waals surface area contributed by atoms with Crippen LogP contribution in [0.1, 0.15) is 61.9 Å². The number of rotatable bonds is 5. The van der Waals surface area contributed by atoms with E-state index >= 15 is 0 Å². The zero-order valence-corrected chi connectivity index (χ0v) is 17.4. The van der Waals surface area contributed by atoms with Gasteiger partial charge in [-0.1, -0.05) is 0 Å². The summed E-state index contributed by atoms with van der Waals surface area (Å²) in [4.78, 5) is 31.7. The summed E-state index contributed by atoms with van der Waals surface area (Å²) in [7, 11) is 0. The highest BCUT2D eigenvalue weighted by Crippen LogP contribution is 2.61. The van der Waals surface area contributed by atoms with E-state index in [1.807, 2.05) is 6.20 Å². The molecule has 0 saturated heterocycles. The predicted molar refractivity (Wildman–Crippen MR) is 112 cm³/mol. The van der Waals surface area contributed by atoms with Gasteiger partial charge in [-0.05, 0) is 68.1 Å². The van der Waals surface area contributed by atoms with Gasteiger partial charge in [0.05, 0.1) is 17.7 Å². The van der Waals surface area contributed by atoms with E-state index in [9.17, 15) is 4.79 Å². The molecular weight excluding hydrogens is 376 g/mol. The lowest BCUT2D eigenvalue weighted by molar-refractivity contribution is -0.124. The molecule has 0 radical (unpaired) electrons. The van der Waals surface area contributed by atoms with Crippen molar-refractivity contribution < 1.29 is 4.79 Å². The summed E-state index contributed by atoms with van der Waals surface area (Å²) >= 11 is 0. The van der Waals surface area contributed by atoms with Crippen molar-refractivity contribution in [1.82, 2.24) is 24.8 Å². The lowest BCUT2D eigenvalue weighted by atomic mass is 9.49. The Balaban J connectivity index is 1.13. The van der Waals surface area contributed by atoms with Gasteiger partial charge in [-0.3, -0.25) is 9.69 Å². The minimum Gasteiger partial charge on any atom is -0.351 e. The monoisotopic (exact) mass is 406 g/mol. The molecule has 0 atom stereocenters. The minimum atomic E-state index is 0.150. The molecule has 2 aromatic heterocycles. The van der Waals surface area contributed by atoms with Gasteiger partial charge in [0.2, 0.25) is 5.91 Å². The average Bonchev–Trinajstić information content (AvgIpc) is 3.19. The van der Waals surface area contributed by atoms with Crippen LogP contribution in [0.15, 0.2) is 18.9 Å². The second-order valence-electron chi connectivity index (χ2n) is 10.3. The van der Waals surface area contributed by atoms with E-state index in [1.165, 1.54) is 38.5 Å². The minimum absolute atomic E-state index is 0.150. The van der Waals surface area contributed by atoms with E-state index in [4.69, 9.17) is 0 Å². The van der Waals surface area contributed by atoms with E-state index < -0.39 is 0 Å². The van der Waals surface area contributed by atoms with Crippen molar-refractivity contribution in [2.75, 3.05) is 11.9 Å². The Hall–Kier alpha value is -2.28. The number of carbonyl (C=O) groups is 1. The first-order valence-electron chi connectivity index (χ1n) is 11.5. The van der Waals surface area contributed by atoms with Crippen LogP contribution < -0.4 is 5.32 Å². The standard InChI is InChI=1S/C23H30N6O/c30-21(9-23-6-15-3-16(7-23)5-17(4-15)8-23)28-22-19-1-2-29(11-18-10-24-13-25-18)12-20(19)26-14-27-22/h10,13-17H,1-9,11-12H2,(H,24,25)(H,26,27,28,30). The second-order valence-corrected chi connectivity index (χ2v) is 10.3. The molecule has 158 valence electrons. The third-order valence-electron chi connectivity index (χ3n) is 7.98. The number of aromatic amines is 1. The first kappa shape index (κ1) is 18.5. The van der Waals surface area contributed by atoms with Crippen molar-refractivity contribution in [3.63, 3.8) is 0 Å². The van der Waals surface area contributed by atoms with E-state index in [-0.39, 0.29) is 11.3 Å². The van der Waals surface area contributed by atoms with Crippen LogP contribution in [0, 0.1) is 23.2 Å². The molecule has 1 aliphatic heterocycles. The molecule has 4 aliphatic carbocycles. The molecule has 4 saturated carbocycles. The first-order valence-corrected chi connectivity index (χ1v) is 11.5. The topological polar surface area (TPSA) is 86.8 Å². The summed E-state index contributed by atoms with van der Waals surface area (Å²) in [5.41, 5.74) is 3.43. The molecule has 0 aromatic carbocycles. The Labute approximate surface area is 177 Å². The molecule has 7 heteroatoms. The molecule has 2 aromatic rings. The Morgan fingerprint density at radius 1 is 1.13 bits per heavy atom. The molecule has 4 bridgehead atoms. The van der Waals surface area contributed by atoms with Gasteiger partial charge in [-0.15, -0.1) is 0 Å². The average molecular weight is 407 g/mol. The Morgan fingerprint density at radius 2 is 1.90 bits per heavy atom. The highest BCUT2D eigenvalue weighted by Gasteiger charge is 2.51. The molecule has 3 heterocycles. The van der Waals surface area contributed by atoms with Crippen LogP contribution in [0.25, 0.3) is 0 Å². The molecule has 0 spiro atoms. The van der Waals surface area contributed by atoms with Crippen LogP contribution in [-0.2, 0) is 24.3 Å². The number of carbonyl (C=O) groups excluding carboxylic acids is 1. The number of hydrogen-bond donors (Lipinski definition) is 2. The summed E-state index contributed by atoms with van der Waals surface area (Å²) in [6.07, 6.45) is 14.8. The second kappa shape index (κ2) is 7.15. The summed E-state index contributed by atoms with van der Waals surface area (Å²) in [6, 6.07) is 0. The number of anilines is 1. The number of aromatic nitrogens is 4. The van der Waals surface area contributed by atoms with Crippen LogP contribution in [-0.4, -0.2) is 37.3 Å². The maximum absolute atomic E-state index is 13.1. The lowest BCUT2D eigenvalue weighted by Gasteiger charge is -2.56. The van der Waals surface area contributed by atoms with Crippen LogP contribution in [0.5, 0.6) is 0 Å². The van der Waals surface area contributed by atoms with Gasteiger partial charge < -0.3 is 10.3 Å². The number of H-pyrrole nitrogens is 1. The maximum atomic E-state index is 13.1. The van der Waals surface area contributed by atoms with Crippen molar-refractivity contribution in [2.24, 2.45) is 23.2 Å². The molecule has 5 aliphatic rings. The molecule has 1 amide bonds. The van der Waals surface area contributed by atoms with Crippen LogP contribution in [0.4, 0.5) is 5.82 Å². The van der Waals surface area contributed by atoms with Gasteiger partial charge >= 0.3 is 0 Å². The number of imidazole rings is 1. The highest BCUT2D eigenvalue weighted by atomic mass is 16.1. The molecule has 30 heavy (non-hydrogen) atoms. The molecule has 0 unspecified atom stereocenters. The highest BCUT2D eigenvalue weighted by molar-refractivity contribution is 5.91. The van der Waals surface area contributed by atoms with Gasteiger partial charge in [-0.2, -0.15) is 0 Å². The number of fused-ring (bicyclic) bond motifs is 1. The summed E-state index contributed by atoms with van der Waals surface area (Å²) < 4.78 is 0. The maximum Gasteiger partial charge on any atom is 0.226 e. The third kappa shape index (κ3) is 3.43. The molecule has 2 N–H and O–H groups in total. The van der Waals surface area contributed by atoms with Gasteiger partial charge in [0.1, 0.15) is 12.1 Å². The number of amides is 1. The SMILES string of the molecule is O=C(CC12CC3CC(CC(C3)C1)C2)Nc1ncnc2c1CCN(Cc1c[nH]cn1)C2. The van der Waals surface area contributed by atoms with Crippen molar-refractivity contribution in [1.29, 1.82) is 0 Å². The fourth-order valence-corrected chi connectivity index (χ4v) is 7.28. The smallest absolute Gasteiger partial charge is 0.226 e. The zero-order chi connectivity index (χ0) is 20.1.